The van der Waals surface area contributed by atoms with Crippen molar-refractivity contribution < 1.29 is 4.74 Å². The van der Waals surface area contributed by atoms with E-state index in [4.69, 9.17) is 27.9 Å². The summed E-state index contributed by atoms with van der Waals surface area (Å²) in [6.45, 7) is 6.62. The van der Waals surface area contributed by atoms with E-state index < -0.39 is 0 Å². The molecule has 26 heavy (non-hydrogen) atoms. The lowest BCUT2D eigenvalue weighted by Gasteiger charge is -2.26. The summed E-state index contributed by atoms with van der Waals surface area (Å²) in [5, 5.41) is 2.07. The van der Waals surface area contributed by atoms with Crippen LogP contribution in [0.3, 0.4) is 0 Å². The van der Waals surface area contributed by atoms with Crippen molar-refractivity contribution >= 4 is 44.8 Å². The zero-order chi connectivity index (χ0) is 18.5. The Morgan fingerprint density at radius 1 is 1.12 bits per heavy atom. The number of aromatic nitrogens is 2. The Bertz CT molecular complexity index is 974. The minimum absolute atomic E-state index is 0.0411. The van der Waals surface area contributed by atoms with Crippen LogP contribution in [0.1, 0.15) is 44.9 Å². The van der Waals surface area contributed by atoms with Crippen LogP contribution in [-0.4, -0.2) is 16.1 Å². The second kappa shape index (κ2) is 6.66. The number of ether oxygens (including phenoxy) is 1. The molecule has 1 aromatic carbocycles. The van der Waals surface area contributed by atoms with Gasteiger partial charge in [-0.25, -0.2) is 9.97 Å². The van der Waals surface area contributed by atoms with E-state index in [0.717, 1.165) is 34.2 Å². The zero-order valence-corrected chi connectivity index (χ0v) is 17.3. The standard InChI is InChI=1S/C20H20Cl2N2OS/c1-20(2,3)17-15(11-7-8-13(21)14(22)9-11)16-18(25-12-5-4-6-12)23-10-24-19(16)26-17/h7-10,12H,4-6H2,1-3H3. The van der Waals surface area contributed by atoms with Crippen molar-refractivity contribution in [2.75, 3.05) is 0 Å². The Morgan fingerprint density at radius 3 is 2.50 bits per heavy atom. The zero-order valence-electron chi connectivity index (χ0n) is 15.0. The third-order valence-corrected chi connectivity index (χ3v) is 6.94. The molecule has 136 valence electrons. The van der Waals surface area contributed by atoms with Crippen LogP contribution in [0.5, 0.6) is 5.88 Å². The molecule has 0 saturated heterocycles. The monoisotopic (exact) mass is 406 g/mol. The normalized spacial score (nSPS) is 15.3. The number of benzene rings is 1. The number of hydrogen-bond donors (Lipinski definition) is 0. The van der Waals surface area contributed by atoms with Crippen LogP contribution in [0.4, 0.5) is 0 Å². The van der Waals surface area contributed by atoms with E-state index in [1.807, 2.05) is 18.2 Å². The molecule has 0 amide bonds. The number of hydrogen-bond acceptors (Lipinski definition) is 4. The van der Waals surface area contributed by atoms with Gasteiger partial charge >= 0.3 is 0 Å². The van der Waals surface area contributed by atoms with Crippen molar-refractivity contribution in [2.45, 2.75) is 51.6 Å². The molecule has 0 aliphatic heterocycles. The Kier molecular flexibility index (Phi) is 4.62. The number of nitrogens with zero attached hydrogens (tertiary/aromatic N) is 2. The first kappa shape index (κ1) is 18.0. The fraction of sp³-hybridized carbons (Fsp3) is 0.400. The molecule has 0 N–H and O–H groups in total. The molecule has 0 unspecified atom stereocenters. The molecular formula is C20H20Cl2N2OS. The summed E-state index contributed by atoms with van der Waals surface area (Å²) in [6.07, 6.45) is 5.24. The van der Waals surface area contributed by atoms with Crippen LogP contribution in [0.25, 0.3) is 21.3 Å². The van der Waals surface area contributed by atoms with E-state index >= 15 is 0 Å². The summed E-state index contributed by atoms with van der Waals surface area (Å²) in [6, 6.07) is 5.76. The first-order chi connectivity index (χ1) is 12.3. The largest absolute Gasteiger partial charge is 0.474 e. The fourth-order valence-electron chi connectivity index (χ4n) is 3.10. The molecule has 1 fully saturated rings. The first-order valence-electron chi connectivity index (χ1n) is 8.74. The summed E-state index contributed by atoms with van der Waals surface area (Å²) in [4.78, 5) is 11.2. The number of rotatable bonds is 3. The summed E-state index contributed by atoms with van der Waals surface area (Å²) in [7, 11) is 0. The molecule has 1 saturated carbocycles. The van der Waals surface area contributed by atoms with Gasteiger partial charge in [0.1, 0.15) is 17.3 Å². The van der Waals surface area contributed by atoms with Gasteiger partial charge < -0.3 is 4.74 Å². The average molecular weight is 407 g/mol. The van der Waals surface area contributed by atoms with E-state index in [9.17, 15) is 0 Å². The highest BCUT2D eigenvalue weighted by Gasteiger charge is 2.29. The molecule has 0 radical (unpaired) electrons. The lowest BCUT2D eigenvalue weighted by Crippen LogP contribution is -2.25. The van der Waals surface area contributed by atoms with Gasteiger partial charge in [-0.3, -0.25) is 0 Å². The van der Waals surface area contributed by atoms with Gasteiger partial charge in [-0.05, 0) is 42.4 Å². The van der Waals surface area contributed by atoms with Gasteiger partial charge in [0.25, 0.3) is 0 Å². The molecule has 0 bridgehead atoms. The molecule has 0 atom stereocenters. The van der Waals surface area contributed by atoms with Crippen molar-refractivity contribution in [3.8, 4) is 17.0 Å². The van der Waals surface area contributed by atoms with Crippen LogP contribution in [0.15, 0.2) is 24.5 Å². The maximum Gasteiger partial charge on any atom is 0.226 e. The Hall–Kier alpha value is -1.36. The van der Waals surface area contributed by atoms with Crippen molar-refractivity contribution in [2.24, 2.45) is 0 Å². The Balaban J connectivity index is 1.98. The smallest absolute Gasteiger partial charge is 0.226 e. The van der Waals surface area contributed by atoms with Crippen LogP contribution in [-0.2, 0) is 5.41 Å². The average Bonchev–Trinajstić information content (AvgIpc) is 2.94. The second-order valence-corrected chi connectivity index (χ2v) is 9.53. The highest BCUT2D eigenvalue weighted by molar-refractivity contribution is 7.19. The molecule has 3 aromatic rings. The fourth-order valence-corrected chi connectivity index (χ4v) is 4.61. The van der Waals surface area contributed by atoms with Gasteiger partial charge in [-0.15, -0.1) is 11.3 Å². The molecular weight excluding hydrogens is 387 g/mol. The van der Waals surface area contributed by atoms with E-state index in [0.29, 0.717) is 15.9 Å². The van der Waals surface area contributed by atoms with Crippen molar-refractivity contribution in [1.29, 1.82) is 0 Å². The molecule has 0 spiro atoms. The van der Waals surface area contributed by atoms with Gasteiger partial charge in [0, 0.05) is 10.4 Å². The quantitative estimate of drug-likeness (QED) is 0.474. The van der Waals surface area contributed by atoms with Crippen LogP contribution in [0, 0.1) is 0 Å². The number of fused-ring (bicyclic) bond motifs is 1. The molecule has 3 nitrogen and oxygen atoms in total. The molecule has 6 heteroatoms. The number of halogens is 2. The summed E-state index contributed by atoms with van der Waals surface area (Å²) in [5.74, 6) is 0.674. The maximum absolute atomic E-state index is 6.31. The van der Waals surface area contributed by atoms with Crippen LogP contribution in [0.2, 0.25) is 10.0 Å². The van der Waals surface area contributed by atoms with Crippen LogP contribution >= 0.6 is 34.5 Å². The maximum atomic E-state index is 6.31. The predicted octanol–water partition coefficient (Wildman–Crippen LogP) is 6.89. The molecule has 1 aliphatic carbocycles. The minimum Gasteiger partial charge on any atom is -0.474 e. The van der Waals surface area contributed by atoms with Crippen LogP contribution < -0.4 is 4.74 Å². The van der Waals surface area contributed by atoms with Gasteiger partial charge in [0.2, 0.25) is 5.88 Å². The first-order valence-corrected chi connectivity index (χ1v) is 10.3. The highest BCUT2D eigenvalue weighted by atomic mass is 35.5. The topological polar surface area (TPSA) is 35.0 Å². The molecule has 4 rings (SSSR count). The van der Waals surface area contributed by atoms with E-state index in [2.05, 4.69) is 30.7 Å². The van der Waals surface area contributed by atoms with E-state index in [-0.39, 0.29) is 11.5 Å². The lowest BCUT2D eigenvalue weighted by atomic mass is 9.88. The van der Waals surface area contributed by atoms with Gasteiger partial charge in [0.05, 0.1) is 15.4 Å². The molecule has 2 heterocycles. The molecule has 1 aliphatic rings. The summed E-state index contributed by atoms with van der Waals surface area (Å²) < 4.78 is 6.20. The Labute approximate surface area is 167 Å². The van der Waals surface area contributed by atoms with Gasteiger partial charge in [0.15, 0.2) is 0 Å². The summed E-state index contributed by atoms with van der Waals surface area (Å²) in [5.41, 5.74) is 2.08. The van der Waals surface area contributed by atoms with E-state index in [1.54, 1.807) is 17.7 Å². The Morgan fingerprint density at radius 2 is 1.88 bits per heavy atom. The second-order valence-electron chi connectivity index (χ2n) is 7.71. The van der Waals surface area contributed by atoms with E-state index in [1.165, 1.54) is 11.3 Å². The van der Waals surface area contributed by atoms with Crippen molar-refractivity contribution in [1.82, 2.24) is 9.97 Å². The van der Waals surface area contributed by atoms with Crippen molar-refractivity contribution in [3.63, 3.8) is 0 Å². The SMILES string of the molecule is CC(C)(C)c1sc2ncnc(OC3CCC3)c2c1-c1ccc(Cl)c(Cl)c1. The lowest BCUT2D eigenvalue weighted by molar-refractivity contribution is 0.116. The minimum atomic E-state index is -0.0411. The predicted molar refractivity (Wildman–Crippen MR) is 110 cm³/mol. The highest BCUT2D eigenvalue weighted by Crippen LogP contribution is 2.47. The van der Waals surface area contributed by atoms with Gasteiger partial charge in [-0.2, -0.15) is 0 Å². The van der Waals surface area contributed by atoms with Crippen molar-refractivity contribution in [3.05, 3.63) is 39.4 Å². The number of thiophene rings is 1. The summed E-state index contributed by atoms with van der Waals surface area (Å²) >= 11 is 14.1. The third-order valence-electron chi connectivity index (χ3n) is 4.67. The third kappa shape index (κ3) is 3.19. The van der Waals surface area contributed by atoms with Gasteiger partial charge in [-0.1, -0.05) is 50.0 Å². The molecule has 2 aromatic heterocycles.